The van der Waals surface area contributed by atoms with Crippen molar-refractivity contribution < 1.29 is 23.7 Å². The number of anilines is 1. The number of nitrogens with zero attached hydrogens (tertiary/aromatic N) is 6. The Hall–Kier alpha value is -3.54. The molecule has 0 spiro atoms. The van der Waals surface area contributed by atoms with Crippen LogP contribution in [0.4, 0.5) is 5.95 Å². The van der Waals surface area contributed by atoms with Gasteiger partial charge in [0.1, 0.15) is 29.7 Å². The highest BCUT2D eigenvalue weighted by Crippen LogP contribution is 2.44. The number of ether oxygens (including phenoxy) is 2. The number of thioether (sulfide) groups is 1. The van der Waals surface area contributed by atoms with Crippen LogP contribution in [-0.2, 0) is 14.3 Å². The Kier molecular flexibility index (Phi) is 7.21. The first-order valence-corrected chi connectivity index (χ1v) is 15.2. The van der Waals surface area contributed by atoms with E-state index in [-0.39, 0.29) is 5.91 Å². The number of hydrogen-bond acceptors (Lipinski definition) is 8. The second kappa shape index (κ2) is 10.7. The number of rotatable bonds is 6. The van der Waals surface area contributed by atoms with Gasteiger partial charge in [0.05, 0.1) is 31.6 Å². The molecule has 0 radical (unpaired) electrons. The number of esters is 1. The van der Waals surface area contributed by atoms with E-state index in [0.29, 0.717) is 34.7 Å². The first-order chi connectivity index (χ1) is 19.7. The maximum Gasteiger partial charge on any atom is 0.345 e. The molecule has 6 rings (SSSR count). The number of fused-ring (bicyclic) bond motifs is 1. The molecule has 1 aromatic carbocycles. The minimum absolute atomic E-state index is 0.0581. The van der Waals surface area contributed by atoms with Gasteiger partial charge in [-0.15, -0.1) is 16.8 Å². The highest BCUT2D eigenvalue weighted by Gasteiger charge is 2.54. The molecule has 41 heavy (non-hydrogen) atoms. The smallest absolute Gasteiger partial charge is 0.345 e. The van der Waals surface area contributed by atoms with Gasteiger partial charge in [-0.2, -0.15) is 4.59 Å². The van der Waals surface area contributed by atoms with Crippen molar-refractivity contribution in [3.05, 3.63) is 71.9 Å². The number of quaternary nitrogens is 1. The molecule has 0 unspecified atom stereocenters. The van der Waals surface area contributed by atoms with Crippen LogP contribution in [0.25, 0.3) is 5.69 Å². The second-order valence-electron chi connectivity index (χ2n) is 11.6. The summed E-state index contributed by atoms with van der Waals surface area (Å²) in [7, 11) is 1.66. The summed E-state index contributed by atoms with van der Waals surface area (Å²) in [4.78, 5) is 36.2. The molecule has 2 fully saturated rings. The van der Waals surface area contributed by atoms with Gasteiger partial charge >= 0.3 is 5.97 Å². The van der Waals surface area contributed by atoms with Gasteiger partial charge in [0.15, 0.2) is 5.70 Å². The number of hydrogen-bond donors (Lipinski definition) is 0. The van der Waals surface area contributed by atoms with Crippen LogP contribution in [0, 0.1) is 0 Å². The van der Waals surface area contributed by atoms with Crippen molar-refractivity contribution >= 4 is 29.6 Å². The Labute approximate surface area is 245 Å². The van der Waals surface area contributed by atoms with Crippen molar-refractivity contribution in [1.29, 1.82) is 0 Å². The van der Waals surface area contributed by atoms with E-state index in [1.54, 1.807) is 18.9 Å². The number of methoxy groups -OCH3 is 1. The Morgan fingerprint density at radius 3 is 2.46 bits per heavy atom. The molecular weight excluding hydrogens is 540 g/mol. The van der Waals surface area contributed by atoms with Gasteiger partial charge in [0.2, 0.25) is 5.95 Å². The summed E-state index contributed by atoms with van der Waals surface area (Å²) in [5, 5.41) is 2.36. The summed E-state index contributed by atoms with van der Waals surface area (Å²) in [6.45, 7) is 9.66. The fraction of sp³-hybridized carbons (Fsp3) is 0.433. The summed E-state index contributed by atoms with van der Waals surface area (Å²) < 4.78 is 13.6. The molecule has 1 amide bonds. The largest absolute Gasteiger partial charge is 0.497 e. The van der Waals surface area contributed by atoms with Crippen LogP contribution in [0.5, 0.6) is 5.75 Å². The lowest BCUT2D eigenvalue weighted by Crippen LogP contribution is -2.61. The molecule has 0 saturated carbocycles. The molecule has 2 aromatic rings. The summed E-state index contributed by atoms with van der Waals surface area (Å²) in [6, 6.07) is 7.94. The molecule has 0 bridgehead atoms. The average Bonchev–Trinajstić information content (AvgIpc) is 3.75. The van der Waals surface area contributed by atoms with Gasteiger partial charge in [-0.25, -0.2) is 9.78 Å². The third-order valence-electron chi connectivity index (χ3n) is 7.88. The van der Waals surface area contributed by atoms with Crippen LogP contribution in [0.3, 0.4) is 0 Å². The maximum absolute atomic E-state index is 13.7. The molecule has 2 saturated heterocycles. The first kappa shape index (κ1) is 27.6. The number of carbonyl (C=O) groups is 2. The number of allylic oxidation sites excluding steroid dienone is 2. The highest BCUT2D eigenvalue weighted by atomic mass is 32.2. The SMILES string of the molecule is COc1ccc(-n2ccnc2N2CCN([N@@+]34C=CC=C3C(C(=O)OC(C)(C)C)=C(C(=O)N3CCSC3)C4)CC2)cc1. The van der Waals surface area contributed by atoms with Crippen LogP contribution < -0.4 is 9.64 Å². The zero-order valence-electron chi connectivity index (χ0n) is 24.1. The first-order valence-electron chi connectivity index (χ1n) is 14.0. The minimum atomic E-state index is -0.663. The van der Waals surface area contributed by atoms with Gasteiger partial charge in [0.25, 0.3) is 5.91 Å². The predicted octanol–water partition coefficient (Wildman–Crippen LogP) is 3.33. The van der Waals surface area contributed by atoms with Crippen LogP contribution >= 0.6 is 11.8 Å². The predicted molar refractivity (Wildman–Crippen MR) is 158 cm³/mol. The van der Waals surface area contributed by atoms with Gasteiger partial charge < -0.3 is 19.3 Å². The summed E-state index contributed by atoms with van der Waals surface area (Å²) in [5.41, 5.74) is 2.15. The van der Waals surface area contributed by atoms with Crippen molar-refractivity contribution in [2.24, 2.45) is 0 Å². The number of amides is 1. The zero-order valence-corrected chi connectivity index (χ0v) is 24.9. The van der Waals surface area contributed by atoms with Gasteiger partial charge in [-0.05, 0) is 51.1 Å². The van der Waals surface area contributed by atoms with E-state index in [4.69, 9.17) is 9.47 Å². The standard InChI is InChI=1S/C30H37N6O4S/c1-30(2,3)40-28(38)26-24(27(37)33-17-19-41-21-33)20-36(18-5-6-25(26)36)34-15-13-32(14-16-34)29-31-11-12-35(29)22-7-9-23(39-4)10-8-22/h5-12,18H,13-17,19-21H2,1-4H3/q+1/t36-/m1/s1. The molecule has 10 nitrogen and oxygen atoms in total. The zero-order chi connectivity index (χ0) is 28.8. The molecule has 216 valence electrons. The molecule has 0 aliphatic carbocycles. The van der Waals surface area contributed by atoms with Crippen LogP contribution in [0.15, 0.2) is 71.9 Å². The fourth-order valence-corrected chi connectivity index (χ4v) is 6.89. The van der Waals surface area contributed by atoms with Crippen molar-refractivity contribution in [1.82, 2.24) is 19.5 Å². The Bertz CT molecular complexity index is 1430. The number of aromatic nitrogens is 2. The molecule has 0 N–H and O–H groups in total. The molecule has 5 heterocycles. The summed E-state index contributed by atoms with van der Waals surface area (Å²) in [6.07, 6.45) is 9.87. The Morgan fingerprint density at radius 1 is 1.05 bits per heavy atom. The fourth-order valence-electron chi connectivity index (χ4n) is 5.95. The van der Waals surface area contributed by atoms with E-state index in [9.17, 15) is 9.59 Å². The van der Waals surface area contributed by atoms with E-state index in [1.165, 1.54) is 0 Å². The molecule has 4 aliphatic rings. The van der Waals surface area contributed by atoms with E-state index in [1.807, 2.05) is 74.5 Å². The Balaban J connectivity index is 1.24. The van der Waals surface area contributed by atoms with Gasteiger partial charge in [-0.1, -0.05) is 0 Å². The third kappa shape index (κ3) is 5.06. The van der Waals surface area contributed by atoms with Gasteiger partial charge in [0, 0.05) is 49.5 Å². The molecule has 1 atom stereocenters. The normalized spacial score (nSPS) is 22.8. The third-order valence-corrected chi connectivity index (χ3v) is 8.84. The number of benzene rings is 1. The Morgan fingerprint density at radius 2 is 1.80 bits per heavy atom. The van der Waals surface area contributed by atoms with Crippen molar-refractivity contribution in [3.8, 4) is 11.4 Å². The number of carbonyl (C=O) groups excluding carboxylic acids is 2. The second-order valence-corrected chi connectivity index (χ2v) is 12.7. The highest BCUT2D eigenvalue weighted by molar-refractivity contribution is 7.99. The van der Waals surface area contributed by atoms with E-state index in [2.05, 4.69) is 25.7 Å². The molecular formula is C30H37N6O4S+. The number of imidazole rings is 1. The molecule has 1 aromatic heterocycles. The van der Waals surface area contributed by atoms with E-state index >= 15 is 0 Å². The van der Waals surface area contributed by atoms with Crippen molar-refractivity contribution in [2.75, 3.05) is 62.9 Å². The summed E-state index contributed by atoms with van der Waals surface area (Å²) >= 11 is 1.74. The topological polar surface area (TPSA) is 80.1 Å². The van der Waals surface area contributed by atoms with Crippen molar-refractivity contribution in [3.63, 3.8) is 0 Å². The van der Waals surface area contributed by atoms with E-state index < -0.39 is 11.6 Å². The average molecular weight is 578 g/mol. The van der Waals surface area contributed by atoms with Crippen LogP contribution in [0.2, 0.25) is 0 Å². The lowest BCUT2D eigenvalue weighted by Gasteiger charge is -2.44. The van der Waals surface area contributed by atoms with Crippen LogP contribution in [0.1, 0.15) is 20.8 Å². The molecule has 4 aliphatic heterocycles. The minimum Gasteiger partial charge on any atom is -0.497 e. The maximum atomic E-state index is 13.7. The quantitative estimate of drug-likeness (QED) is 0.382. The summed E-state index contributed by atoms with van der Waals surface area (Å²) in [5.74, 6) is 2.78. The molecule has 11 heteroatoms. The number of piperazine rings is 1. The van der Waals surface area contributed by atoms with Crippen LogP contribution in [-0.4, -0.2) is 99.5 Å². The lowest BCUT2D eigenvalue weighted by molar-refractivity contribution is -0.948. The van der Waals surface area contributed by atoms with Gasteiger partial charge in [-0.3, -0.25) is 9.36 Å². The monoisotopic (exact) mass is 577 g/mol. The lowest BCUT2D eigenvalue weighted by atomic mass is 10.1. The van der Waals surface area contributed by atoms with Crippen molar-refractivity contribution in [2.45, 2.75) is 26.4 Å². The van der Waals surface area contributed by atoms with E-state index in [0.717, 1.165) is 55.0 Å².